The van der Waals surface area contributed by atoms with Gasteiger partial charge in [0, 0.05) is 6.42 Å². The Morgan fingerprint density at radius 3 is 2.95 bits per heavy atom. The highest BCUT2D eigenvalue weighted by Gasteiger charge is 2.13. The van der Waals surface area contributed by atoms with Crippen molar-refractivity contribution in [2.75, 3.05) is 6.54 Å². The van der Waals surface area contributed by atoms with Gasteiger partial charge in [0.25, 0.3) is 0 Å². The largest absolute Gasteiger partial charge is 0.339 e. The molecule has 0 aliphatic carbocycles. The molecule has 0 aromatic carbocycles. The molecule has 1 atom stereocenters. The maximum atomic E-state index is 5.63. The van der Waals surface area contributed by atoms with Crippen molar-refractivity contribution >= 4 is 0 Å². The Labute approximate surface area is 112 Å². The lowest BCUT2D eigenvalue weighted by molar-refractivity contribution is 0.349. The SMILES string of the molecule is CCCC(CCN)CCc1nc(-c2ncn[nH]2)no1. The summed E-state index contributed by atoms with van der Waals surface area (Å²) in [5.41, 5.74) is 5.63. The van der Waals surface area contributed by atoms with Crippen LogP contribution in [0.2, 0.25) is 0 Å². The third kappa shape index (κ3) is 3.85. The number of nitrogens with one attached hydrogen (secondary N) is 1. The number of aromatic amines is 1. The normalized spacial score (nSPS) is 12.7. The second kappa shape index (κ2) is 6.98. The van der Waals surface area contributed by atoms with Crippen LogP contribution in [0.3, 0.4) is 0 Å². The van der Waals surface area contributed by atoms with E-state index in [4.69, 9.17) is 10.3 Å². The summed E-state index contributed by atoms with van der Waals surface area (Å²) < 4.78 is 5.21. The Kier molecular flexibility index (Phi) is 5.02. The van der Waals surface area contributed by atoms with E-state index in [1.807, 2.05) is 0 Å². The molecule has 0 fully saturated rings. The number of nitrogens with two attached hydrogens (primary N) is 1. The molecule has 0 aliphatic heterocycles. The van der Waals surface area contributed by atoms with Crippen LogP contribution in [-0.2, 0) is 6.42 Å². The van der Waals surface area contributed by atoms with Gasteiger partial charge in [0.1, 0.15) is 6.33 Å². The van der Waals surface area contributed by atoms with Crippen molar-refractivity contribution in [2.24, 2.45) is 11.7 Å². The van der Waals surface area contributed by atoms with Crippen molar-refractivity contribution in [3.05, 3.63) is 12.2 Å². The van der Waals surface area contributed by atoms with E-state index >= 15 is 0 Å². The van der Waals surface area contributed by atoms with Crippen molar-refractivity contribution < 1.29 is 4.52 Å². The zero-order valence-electron chi connectivity index (χ0n) is 11.2. The molecule has 2 heterocycles. The van der Waals surface area contributed by atoms with E-state index < -0.39 is 0 Å². The molecule has 0 radical (unpaired) electrons. The molecular formula is C12H20N6O. The van der Waals surface area contributed by atoms with Crippen LogP contribution >= 0.6 is 0 Å². The molecular weight excluding hydrogens is 244 g/mol. The molecule has 7 nitrogen and oxygen atoms in total. The molecule has 0 spiro atoms. The maximum absolute atomic E-state index is 5.63. The van der Waals surface area contributed by atoms with Crippen LogP contribution in [0.1, 0.15) is 38.5 Å². The van der Waals surface area contributed by atoms with E-state index in [1.165, 1.54) is 19.2 Å². The van der Waals surface area contributed by atoms with Gasteiger partial charge in [-0.25, -0.2) is 4.98 Å². The Balaban J connectivity index is 1.89. The number of aryl methyl sites for hydroxylation is 1. The van der Waals surface area contributed by atoms with Gasteiger partial charge in [0.05, 0.1) is 0 Å². The van der Waals surface area contributed by atoms with E-state index in [2.05, 4.69) is 32.2 Å². The van der Waals surface area contributed by atoms with Gasteiger partial charge in [0.15, 0.2) is 5.82 Å². The Hall–Kier alpha value is -1.76. The van der Waals surface area contributed by atoms with Crippen LogP contribution in [-0.4, -0.2) is 31.9 Å². The lowest BCUT2D eigenvalue weighted by Crippen LogP contribution is -2.09. The molecule has 104 valence electrons. The van der Waals surface area contributed by atoms with Crippen LogP contribution in [0, 0.1) is 5.92 Å². The molecule has 0 saturated heterocycles. The number of nitrogens with zero attached hydrogens (tertiary/aromatic N) is 4. The van der Waals surface area contributed by atoms with Gasteiger partial charge >= 0.3 is 0 Å². The number of hydrogen-bond donors (Lipinski definition) is 2. The van der Waals surface area contributed by atoms with E-state index in [9.17, 15) is 0 Å². The summed E-state index contributed by atoms with van der Waals surface area (Å²) in [6.07, 6.45) is 6.66. The van der Waals surface area contributed by atoms with Gasteiger partial charge in [-0.1, -0.05) is 24.9 Å². The van der Waals surface area contributed by atoms with Crippen LogP contribution in [0.5, 0.6) is 0 Å². The summed E-state index contributed by atoms with van der Waals surface area (Å²) >= 11 is 0. The summed E-state index contributed by atoms with van der Waals surface area (Å²) in [5.74, 6) is 2.26. The second-order valence-corrected chi connectivity index (χ2v) is 4.62. The highest BCUT2D eigenvalue weighted by Crippen LogP contribution is 2.18. The molecule has 1 unspecified atom stereocenters. The predicted octanol–water partition coefficient (Wildman–Crippen LogP) is 1.55. The highest BCUT2D eigenvalue weighted by atomic mass is 16.5. The monoisotopic (exact) mass is 264 g/mol. The number of aromatic nitrogens is 5. The molecule has 7 heteroatoms. The maximum Gasteiger partial charge on any atom is 0.239 e. The average Bonchev–Trinajstić information content (AvgIpc) is 3.07. The molecule has 2 aromatic rings. The van der Waals surface area contributed by atoms with Gasteiger partial charge in [-0.2, -0.15) is 10.1 Å². The Morgan fingerprint density at radius 1 is 1.37 bits per heavy atom. The van der Waals surface area contributed by atoms with Crippen LogP contribution in [0.25, 0.3) is 11.6 Å². The topological polar surface area (TPSA) is 107 Å². The molecule has 3 N–H and O–H groups in total. The quantitative estimate of drug-likeness (QED) is 0.749. The van der Waals surface area contributed by atoms with Gasteiger partial charge in [-0.15, -0.1) is 0 Å². The lowest BCUT2D eigenvalue weighted by atomic mass is 9.94. The molecule has 0 aliphatic rings. The van der Waals surface area contributed by atoms with Gasteiger partial charge in [-0.3, -0.25) is 5.10 Å². The summed E-state index contributed by atoms with van der Waals surface area (Å²) in [5, 5.41) is 10.4. The van der Waals surface area contributed by atoms with Crippen molar-refractivity contribution in [1.29, 1.82) is 0 Å². The zero-order valence-corrected chi connectivity index (χ0v) is 11.2. The first-order chi connectivity index (χ1) is 9.33. The number of H-pyrrole nitrogens is 1. The zero-order chi connectivity index (χ0) is 13.5. The summed E-state index contributed by atoms with van der Waals surface area (Å²) in [6, 6.07) is 0. The van der Waals surface area contributed by atoms with E-state index in [1.54, 1.807) is 0 Å². The van der Waals surface area contributed by atoms with Gasteiger partial charge < -0.3 is 10.3 Å². The fraction of sp³-hybridized carbons (Fsp3) is 0.667. The van der Waals surface area contributed by atoms with Crippen molar-refractivity contribution in [3.63, 3.8) is 0 Å². The molecule has 2 rings (SSSR count). The average molecular weight is 264 g/mol. The first-order valence-corrected chi connectivity index (χ1v) is 6.71. The van der Waals surface area contributed by atoms with Crippen molar-refractivity contribution in [3.8, 4) is 11.6 Å². The third-order valence-electron chi connectivity index (χ3n) is 3.13. The van der Waals surface area contributed by atoms with Gasteiger partial charge in [-0.05, 0) is 25.3 Å². The van der Waals surface area contributed by atoms with Crippen molar-refractivity contribution in [2.45, 2.75) is 39.0 Å². The van der Waals surface area contributed by atoms with E-state index in [-0.39, 0.29) is 0 Å². The van der Waals surface area contributed by atoms with Crippen molar-refractivity contribution in [1.82, 2.24) is 25.3 Å². The fourth-order valence-electron chi connectivity index (χ4n) is 2.17. The standard InChI is InChI=1S/C12H20N6O/c1-2-3-9(6-7-13)4-5-10-16-12(18-19-10)11-14-8-15-17-11/h8-9H,2-7,13H2,1H3,(H,14,15,17). The van der Waals surface area contributed by atoms with Crippen LogP contribution in [0.15, 0.2) is 10.9 Å². The molecule has 19 heavy (non-hydrogen) atoms. The molecule has 2 aromatic heterocycles. The summed E-state index contributed by atoms with van der Waals surface area (Å²) in [6.45, 7) is 2.93. The summed E-state index contributed by atoms with van der Waals surface area (Å²) in [4.78, 5) is 8.29. The Bertz CT molecular complexity index is 460. The minimum atomic E-state index is 0.457. The first-order valence-electron chi connectivity index (χ1n) is 6.71. The second-order valence-electron chi connectivity index (χ2n) is 4.62. The van der Waals surface area contributed by atoms with Gasteiger partial charge in [0.2, 0.25) is 11.7 Å². The number of hydrogen-bond acceptors (Lipinski definition) is 6. The minimum absolute atomic E-state index is 0.457. The Morgan fingerprint density at radius 2 is 2.26 bits per heavy atom. The smallest absolute Gasteiger partial charge is 0.239 e. The van der Waals surface area contributed by atoms with Crippen LogP contribution in [0.4, 0.5) is 0 Å². The van der Waals surface area contributed by atoms with Crippen LogP contribution < -0.4 is 5.73 Å². The lowest BCUT2D eigenvalue weighted by Gasteiger charge is -2.13. The third-order valence-corrected chi connectivity index (χ3v) is 3.13. The minimum Gasteiger partial charge on any atom is -0.339 e. The fourth-order valence-corrected chi connectivity index (χ4v) is 2.17. The summed E-state index contributed by atoms with van der Waals surface area (Å²) in [7, 11) is 0. The molecule has 0 bridgehead atoms. The number of rotatable bonds is 8. The molecule has 0 amide bonds. The van der Waals surface area contributed by atoms with E-state index in [0.717, 1.165) is 25.8 Å². The predicted molar refractivity (Wildman–Crippen MR) is 70.1 cm³/mol. The highest BCUT2D eigenvalue weighted by molar-refractivity contribution is 5.39. The van der Waals surface area contributed by atoms with E-state index in [0.29, 0.717) is 23.5 Å². The molecule has 0 saturated carbocycles. The first kappa shape index (κ1) is 13.7.